The van der Waals surface area contributed by atoms with Gasteiger partial charge in [0.25, 0.3) is 0 Å². The SMILES string of the molecule is CC.CC(C)C(=O)C1=CCCCC1. The van der Waals surface area contributed by atoms with Gasteiger partial charge in [0.2, 0.25) is 0 Å². The molecule has 0 radical (unpaired) electrons. The quantitative estimate of drug-likeness (QED) is 0.636. The summed E-state index contributed by atoms with van der Waals surface area (Å²) in [5.41, 5.74) is 1.08. The molecule has 0 aromatic carbocycles. The van der Waals surface area contributed by atoms with E-state index in [-0.39, 0.29) is 5.92 Å². The fraction of sp³-hybridized carbons (Fsp3) is 0.750. The molecule has 76 valence electrons. The number of hydrogen-bond donors (Lipinski definition) is 0. The second-order valence-electron chi connectivity index (χ2n) is 3.49. The number of Topliss-reactive ketones (excluding diaryl/α,β-unsaturated/α-hetero) is 1. The molecule has 1 aliphatic carbocycles. The molecule has 0 N–H and O–H groups in total. The Balaban J connectivity index is 0.000000671. The van der Waals surface area contributed by atoms with Crippen molar-refractivity contribution in [3.05, 3.63) is 11.6 Å². The van der Waals surface area contributed by atoms with Gasteiger partial charge in [0.15, 0.2) is 5.78 Å². The summed E-state index contributed by atoms with van der Waals surface area (Å²) in [6.45, 7) is 7.94. The lowest BCUT2D eigenvalue weighted by Crippen LogP contribution is -2.11. The lowest BCUT2D eigenvalue weighted by Gasteiger charge is -2.12. The van der Waals surface area contributed by atoms with E-state index >= 15 is 0 Å². The molecule has 0 aliphatic heterocycles. The normalized spacial score (nSPS) is 15.9. The molecule has 0 saturated carbocycles. The standard InChI is InChI=1S/C10H16O.C2H6/c1-8(2)10(11)9-6-4-3-5-7-9;1-2/h6,8H,3-5,7H2,1-2H3;1-2H3. The monoisotopic (exact) mass is 182 g/mol. The summed E-state index contributed by atoms with van der Waals surface area (Å²) >= 11 is 0. The van der Waals surface area contributed by atoms with Crippen molar-refractivity contribution in [2.75, 3.05) is 0 Å². The van der Waals surface area contributed by atoms with E-state index in [0.29, 0.717) is 5.78 Å². The van der Waals surface area contributed by atoms with Crippen molar-refractivity contribution in [2.24, 2.45) is 5.92 Å². The van der Waals surface area contributed by atoms with Crippen LogP contribution in [0, 0.1) is 5.92 Å². The maximum absolute atomic E-state index is 11.4. The Labute approximate surface area is 82.2 Å². The Morgan fingerprint density at radius 3 is 2.31 bits per heavy atom. The van der Waals surface area contributed by atoms with Crippen LogP contribution in [-0.4, -0.2) is 5.78 Å². The van der Waals surface area contributed by atoms with E-state index in [1.54, 1.807) is 0 Å². The third kappa shape index (κ3) is 4.25. The zero-order chi connectivity index (χ0) is 10.3. The number of hydrogen-bond acceptors (Lipinski definition) is 1. The molecule has 0 atom stereocenters. The summed E-state index contributed by atoms with van der Waals surface area (Å²) in [7, 11) is 0. The van der Waals surface area contributed by atoms with E-state index in [9.17, 15) is 4.79 Å². The van der Waals surface area contributed by atoms with Crippen LogP contribution in [0.1, 0.15) is 53.4 Å². The molecule has 0 fully saturated rings. The van der Waals surface area contributed by atoms with Crippen molar-refractivity contribution in [1.82, 2.24) is 0 Å². The van der Waals surface area contributed by atoms with Gasteiger partial charge in [-0.15, -0.1) is 0 Å². The molecule has 1 heteroatoms. The Morgan fingerprint density at radius 2 is 1.92 bits per heavy atom. The number of allylic oxidation sites excluding steroid dienone is 2. The van der Waals surface area contributed by atoms with Gasteiger partial charge in [-0.3, -0.25) is 4.79 Å². The van der Waals surface area contributed by atoms with Crippen LogP contribution in [0.25, 0.3) is 0 Å². The van der Waals surface area contributed by atoms with Crippen LogP contribution >= 0.6 is 0 Å². The fourth-order valence-electron chi connectivity index (χ4n) is 1.43. The number of carbonyl (C=O) groups is 1. The number of carbonyl (C=O) groups excluding carboxylic acids is 1. The average Bonchev–Trinajstić information content (AvgIpc) is 2.21. The first kappa shape index (κ1) is 12.4. The minimum atomic E-state index is 0.180. The minimum absolute atomic E-state index is 0.180. The zero-order valence-electron chi connectivity index (χ0n) is 9.39. The first-order chi connectivity index (χ1) is 6.22. The highest BCUT2D eigenvalue weighted by molar-refractivity contribution is 5.96. The summed E-state index contributed by atoms with van der Waals surface area (Å²) in [5, 5.41) is 0. The molecule has 1 rings (SSSR count). The molecule has 0 aromatic rings. The molecule has 0 unspecified atom stereocenters. The summed E-state index contributed by atoms with van der Waals surface area (Å²) in [5.74, 6) is 0.532. The predicted molar refractivity (Wildman–Crippen MR) is 57.7 cm³/mol. The first-order valence-electron chi connectivity index (χ1n) is 5.45. The van der Waals surface area contributed by atoms with Crippen LogP contribution in [0.3, 0.4) is 0 Å². The van der Waals surface area contributed by atoms with Gasteiger partial charge < -0.3 is 0 Å². The smallest absolute Gasteiger partial charge is 0.161 e. The predicted octanol–water partition coefficient (Wildman–Crippen LogP) is 3.74. The average molecular weight is 182 g/mol. The van der Waals surface area contributed by atoms with Gasteiger partial charge in [-0.25, -0.2) is 0 Å². The van der Waals surface area contributed by atoms with Crippen LogP contribution in [0.4, 0.5) is 0 Å². The van der Waals surface area contributed by atoms with Crippen molar-refractivity contribution >= 4 is 5.78 Å². The molecule has 0 aromatic heterocycles. The highest BCUT2D eigenvalue weighted by Crippen LogP contribution is 2.20. The Hall–Kier alpha value is -0.590. The Bertz CT molecular complexity index is 178. The molecule has 1 nitrogen and oxygen atoms in total. The summed E-state index contributed by atoms with van der Waals surface area (Å²) in [6.07, 6.45) is 6.69. The van der Waals surface area contributed by atoms with E-state index < -0.39 is 0 Å². The summed E-state index contributed by atoms with van der Waals surface area (Å²) < 4.78 is 0. The van der Waals surface area contributed by atoms with Gasteiger partial charge in [0.1, 0.15) is 0 Å². The number of rotatable bonds is 2. The van der Waals surface area contributed by atoms with Crippen LogP contribution < -0.4 is 0 Å². The van der Waals surface area contributed by atoms with Gasteiger partial charge in [-0.1, -0.05) is 33.8 Å². The third-order valence-corrected chi connectivity index (χ3v) is 2.13. The molecule has 0 bridgehead atoms. The molecule has 13 heavy (non-hydrogen) atoms. The first-order valence-corrected chi connectivity index (χ1v) is 5.45. The maximum atomic E-state index is 11.4. The van der Waals surface area contributed by atoms with Gasteiger partial charge in [0, 0.05) is 5.92 Å². The largest absolute Gasteiger partial charge is 0.294 e. The van der Waals surface area contributed by atoms with E-state index in [4.69, 9.17) is 0 Å². The molecule has 0 spiro atoms. The van der Waals surface area contributed by atoms with Crippen LogP contribution in [-0.2, 0) is 4.79 Å². The molecule has 0 saturated heterocycles. The second-order valence-corrected chi connectivity index (χ2v) is 3.49. The van der Waals surface area contributed by atoms with Gasteiger partial charge in [-0.05, 0) is 31.3 Å². The maximum Gasteiger partial charge on any atom is 0.161 e. The van der Waals surface area contributed by atoms with Crippen molar-refractivity contribution in [3.8, 4) is 0 Å². The van der Waals surface area contributed by atoms with Crippen LogP contribution in [0.5, 0.6) is 0 Å². The third-order valence-electron chi connectivity index (χ3n) is 2.13. The van der Waals surface area contributed by atoms with Gasteiger partial charge >= 0.3 is 0 Å². The zero-order valence-corrected chi connectivity index (χ0v) is 9.39. The highest BCUT2D eigenvalue weighted by atomic mass is 16.1. The fourth-order valence-corrected chi connectivity index (χ4v) is 1.43. The lowest BCUT2D eigenvalue weighted by molar-refractivity contribution is -0.118. The van der Waals surface area contributed by atoms with E-state index in [1.807, 2.05) is 27.7 Å². The van der Waals surface area contributed by atoms with Crippen LogP contribution in [0.15, 0.2) is 11.6 Å². The molecular formula is C12H22O. The summed E-state index contributed by atoms with van der Waals surface area (Å²) in [4.78, 5) is 11.4. The minimum Gasteiger partial charge on any atom is -0.294 e. The van der Waals surface area contributed by atoms with Gasteiger partial charge in [0.05, 0.1) is 0 Å². The Kier molecular flexibility index (Phi) is 6.56. The Morgan fingerprint density at radius 1 is 1.31 bits per heavy atom. The second kappa shape index (κ2) is 6.88. The molecular weight excluding hydrogens is 160 g/mol. The lowest BCUT2D eigenvalue weighted by atomic mass is 9.92. The van der Waals surface area contributed by atoms with Crippen molar-refractivity contribution < 1.29 is 4.79 Å². The molecule has 0 amide bonds. The van der Waals surface area contributed by atoms with E-state index in [2.05, 4.69) is 6.08 Å². The van der Waals surface area contributed by atoms with Crippen LogP contribution in [0.2, 0.25) is 0 Å². The van der Waals surface area contributed by atoms with Crippen molar-refractivity contribution in [2.45, 2.75) is 53.4 Å². The van der Waals surface area contributed by atoms with E-state index in [1.165, 1.54) is 12.8 Å². The highest BCUT2D eigenvalue weighted by Gasteiger charge is 2.14. The molecule has 0 heterocycles. The van der Waals surface area contributed by atoms with E-state index in [0.717, 1.165) is 18.4 Å². The number of ketones is 1. The topological polar surface area (TPSA) is 17.1 Å². The van der Waals surface area contributed by atoms with Crippen molar-refractivity contribution in [3.63, 3.8) is 0 Å². The molecule has 1 aliphatic rings. The summed E-state index contributed by atoms with van der Waals surface area (Å²) in [6, 6.07) is 0. The van der Waals surface area contributed by atoms with Crippen molar-refractivity contribution in [1.29, 1.82) is 0 Å². The van der Waals surface area contributed by atoms with Gasteiger partial charge in [-0.2, -0.15) is 0 Å².